The number of aliphatic hydroxyl groups is 3. The topological polar surface area (TPSA) is 63.9 Å². The Bertz CT molecular complexity index is 548. The van der Waals surface area contributed by atoms with E-state index in [9.17, 15) is 15.3 Å². The van der Waals surface area contributed by atoms with Crippen LogP contribution in [0.4, 0.5) is 0 Å². The molecule has 0 rings (SSSR count). The van der Waals surface area contributed by atoms with Crippen molar-refractivity contribution in [3.05, 3.63) is 75.9 Å². The maximum atomic E-state index is 9.65. The van der Waals surface area contributed by atoms with Crippen LogP contribution in [0.3, 0.4) is 0 Å². The Morgan fingerprint density at radius 1 is 0.405 bits per heavy atom. The second-order valence-corrected chi connectivity index (χ2v) is 10.5. The van der Waals surface area contributed by atoms with Crippen LogP contribution in [0, 0.1) is 0 Å². The summed E-state index contributed by atoms with van der Waals surface area (Å²) in [6.07, 6.45) is 24.3. The Balaban J connectivity index is 7.59. The summed E-state index contributed by atoms with van der Waals surface area (Å²) in [5.41, 5.74) is -0.889. The number of rotatable bonds is 27. The van der Waals surface area contributed by atoms with Crippen molar-refractivity contribution in [3.8, 4) is 0 Å². The van der Waals surface area contributed by atoms with Crippen molar-refractivity contribution in [2.45, 2.75) is 113 Å². The number of aliphatic hydroxyl groups excluding tert-OH is 3. The van der Waals surface area contributed by atoms with E-state index in [2.05, 4.69) is 44.4 Å². The van der Waals surface area contributed by atoms with Crippen molar-refractivity contribution in [3.63, 3.8) is 0 Å². The lowest BCUT2D eigenvalue weighted by atomic mass is 9.68. The zero-order valence-electron chi connectivity index (χ0n) is 23.7. The molecule has 0 bridgehead atoms. The Hall–Kier alpha value is -1.72. The average Bonchev–Trinajstić information content (AvgIpc) is 2.86. The molecule has 0 aliphatic carbocycles. The monoisotopic (exact) mass is 515 g/mol. The van der Waals surface area contributed by atoms with E-state index < -0.39 is 0 Å². The van der Waals surface area contributed by atoms with E-state index in [-0.39, 0.29) is 36.4 Å². The molecule has 0 aromatic carbocycles. The van der Waals surface area contributed by atoms with Crippen LogP contribution >= 0.6 is 0 Å². The van der Waals surface area contributed by atoms with Crippen LogP contribution in [0.15, 0.2) is 75.9 Å². The van der Waals surface area contributed by atoms with Gasteiger partial charge in [0.1, 0.15) is 0 Å². The maximum Gasteiger partial charge on any atom is 0.0431 e. The second-order valence-electron chi connectivity index (χ2n) is 10.5. The van der Waals surface area contributed by atoms with Crippen molar-refractivity contribution >= 4 is 0 Å². The van der Waals surface area contributed by atoms with Gasteiger partial charge in [0.05, 0.1) is 0 Å². The normalized spacial score (nSPS) is 12.3. The first kappa shape index (κ1) is 35.3. The standard InChI is InChI=1S/C33H57NO3/c1-7-19-31(20-8-2,25-13-16-28-35)34(32(21-9-3,22-10-4)26-14-17-29-36)33(23-11-5,24-12-6)27-15-18-30-37/h7-12,35-37H,1-6,13-30H2. The number of hydrogen-bond acceptors (Lipinski definition) is 4. The fourth-order valence-electron chi connectivity index (χ4n) is 6.56. The third-order valence-electron chi connectivity index (χ3n) is 7.72. The highest BCUT2D eigenvalue weighted by Gasteiger charge is 2.54. The summed E-state index contributed by atoms with van der Waals surface area (Å²) in [5, 5.41) is 29.0. The van der Waals surface area contributed by atoms with Gasteiger partial charge in [-0.05, 0) is 96.3 Å². The molecule has 0 unspecified atom stereocenters. The average molecular weight is 516 g/mol. The highest BCUT2D eigenvalue weighted by atomic mass is 16.3. The van der Waals surface area contributed by atoms with E-state index in [1.54, 1.807) is 0 Å². The first-order chi connectivity index (χ1) is 17.9. The lowest BCUT2D eigenvalue weighted by Crippen LogP contribution is -2.69. The second kappa shape index (κ2) is 20.3. The van der Waals surface area contributed by atoms with Crippen LogP contribution in [0.2, 0.25) is 0 Å². The number of unbranched alkanes of at least 4 members (excludes halogenated alkanes) is 3. The molecule has 0 saturated carbocycles. The van der Waals surface area contributed by atoms with Gasteiger partial charge in [-0.25, -0.2) is 0 Å². The summed E-state index contributed by atoms with van der Waals surface area (Å²) in [6.45, 7) is 25.6. The van der Waals surface area contributed by atoms with Gasteiger partial charge in [-0.1, -0.05) is 36.5 Å². The lowest BCUT2D eigenvalue weighted by molar-refractivity contribution is -0.118. The predicted octanol–water partition coefficient (Wildman–Crippen LogP) is 7.45. The molecule has 3 N–H and O–H groups in total. The van der Waals surface area contributed by atoms with Gasteiger partial charge in [0.25, 0.3) is 0 Å². The molecule has 37 heavy (non-hydrogen) atoms. The van der Waals surface area contributed by atoms with E-state index >= 15 is 0 Å². The molecule has 0 atom stereocenters. The van der Waals surface area contributed by atoms with Gasteiger partial charge in [0, 0.05) is 36.4 Å². The van der Waals surface area contributed by atoms with Crippen LogP contribution in [0.25, 0.3) is 0 Å². The van der Waals surface area contributed by atoms with Gasteiger partial charge in [-0.15, -0.1) is 39.5 Å². The molecule has 0 aromatic rings. The zero-order chi connectivity index (χ0) is 28.0. The summed E-state index contributed by atoms with van der Waals surface area (Å²) in [4.78, 5) is 2.77. The van der Waals surface area contributed by atoms with E-state index in [1.165, 1.54) is 0 Å². The summed E-state index contributed by atoms with van der Waals surface area (Å²) in [6, 6.07) is 0. The minimum atomic E-state index is -0.296. The van der Waals surface area contributed by atoms with Gasteiger partial charge >= 0.3 is 0 Å². The van der Waals surface area contributed by atoms with Gasteiger partial charge in [-0.3, -0.25) is 4.90 Å². The molecule has 0 saturated heterocycles. The van der Waals surface area contributed by atoms with Crippen molar-refractivity contribution < 1.29 is 15.3 Å². The molecule has 0 radical (unpaired) electrons. The van der Waals surface area contributed by atoms with Crippen LogP contribution in [0.5, 0.6) is 0 Å². The summed E-state index contributed by atoms with van der Waals surface area (Å²) in [7, 11) is 0. The van der Waals surface area contributed by atoms with Crippen molar-refractivity contribution in [1.29, 1.82) is 0 Å². The molecule has 4 heteroatoms. The fraction of sp³-hybridized carbons (Fsp3) is 0.636. The Morgan fingerprint density at radius 3 is 0.784 bits per heavy atom. The third-order valence-corrected chi connectivity index (χ3v) is 7.72. The van der Waals surface area contributed by atoms with Crippen molar-refractivity contribution in [2.24, 2.45) is 0 Å². The molecule has 0 heterocycles. The minimum absolute atomic E-state index is 0.167. The molecule has 212 valence electrons. The van der Waals surface area contributed by atoms with Crippen molar-refractivity contribution in [2.75, 3.05) is 19.8 Å². The molecule has 0 aliphatic rings. The summed E-state index contributed by atoms with van der Waals surface area (Å²) in [5.74, 6) is 0. The van der Waals surface area contributed by atoms with Gasteiger partial charge in [0.2, 0.25) is 0 Å². The van der Waals surface area contributed by atoms with E-state index in [4.69, 9.17) is 0 Å². The van der Waals surface area contributed by atoms with Crippen LogP contribution in [-0.4, -0.2) is 56.7 Å². The smallest absolute Gasteiger partial charge is 0.0431 e. The van der Waals surface area contributed by atoms with Gasteiger partial charge in [-0.2, -0.15) is 0 Å². The predicted molar refractivity (Wildman–Crippen MR) is 162 cm³/mol. The fourth-order valence-corrected chi connectivity index (χ4v) is 6.56. The first-order valence-electron chi connectivity index (χ1n) is 14.2. The van der Waals surface area contributed by atoms with Crippen LogP contribution in [-0.2, 0) is 0 Å². The highest BCUT2D eigenvalue weighted by molar-refractivity contribution is 5.17. The zero-order valence-corrected chi connectivity index (χ0v) is 23.7. The Labute approximate surface area is 228 Å². The molecule has 0 aliphatic heterocycles. The van der Waals surface area contributed by atoms with Gasteiger partial charge in [0.15, 0.2) is 0 Å². The highest BCUT2D eigenvalue weighted by Crippen LogP contribution is 2.51. The summed E-state index contributed by atoms with van der Waals surface area (Å²) >= 11 is 0. The van der Waals surface area contributed by atoms with E-state index in [1.807, 2.05) is 36.5 Å². The number of hydrogen-bond donors (Lipinski definition) is 3. The molecule has 0 amide bonds. The molecular weight excluding hydrogens is 458 g/mol. The summed E-state index contributed by atoms with van der Waals surface area (Å²) < 4.78 is 0. The van der Waals surface area contributed by atoms with Crippen molar-refractivity contribution in [1.82, 2.24) is 4.90 Å². The Kier molecular flexibility index (Phi) is 19.3. The van der Waals surface area contributed by atoms with Crippen LogP contribution in [0.1, 0.15) is 96.3 Å². The molecule has 0 spiro atoms. The van der Waals surface area contributed by atoms with E-state index in [0.717, 1.165) is 96.3 Å². The molecule has 4 nitrogen and oxygen atoms in total. The lowest BCUT2D eigenvalue weighted by Gasteiger charge is -2.63. The van der Waals surface area contributed by atoms with E-state index in [0.29, 0.717) is 0 Å². The SMILES string of the molecule is C=CCC(CC=C)(CCCCO)N(C(CC=C)(CC=C)CCCCO)C(CC=C)(CC=C)CCCCO. The first-order valence-corrected chi connectivity index (χ1v) is 14.2. The quantitative estimate of drug-likeness (QED) is 0.0785. The number of nitrogens with zero attached hydrogens (tertiary/aromatic N) is 1. The Morgan fingerprint density at radius 2 is 0.622 bits per heavy atom. The van der Waals surface area contributed by atoms with Crippen LogP contribution < -0.4 is 0 Å². The molecule has 0 fully saturated rings. The third kappa shape index (κ3) is 10.5. The minimum Gasteiger partial charge on any atom is -0.396 e. The van der Waals surface area contributed by atoms with Gasteiger partial charge < -0.3 is 15.3 Å². The molecular formula is C33H57NO3. The maximum absolute atomic E-state index is 9.65. The molecule has 0 aromatic heterocycles. The largest absolute Gasteiger partial charge is 0.396 e.